The molecule has 46 heavy (non-hydrogen) atoms. The van der Waals surface area contributed by atoms with Crippen LogP contribution in [0, 0.1) is 0 Å². The van der Waals surface area contributed by atoms with E-state index in [1.807, 2.05) is 42.5 Å². The summed E-state index contributed by atoms with van der Waals surface area (Å²) in [5.74, 6) is -5.53. The monoisotopic (exact) mass is 641 g/mol. The number of benzene rings is 2. The lowest BCUT2D eigenvalue weighted by molar-refractivity contribution is -0.140. The number of amides is 5. The Hall–Kier alpha value is -4.48. The highest BCUT2D eigenvalue weighted by atomic mass is 16.4. The topological polar surface area (TPSA) is 211 Å². The molecule has 3 atom stereocenters. The van der Waals surface area contributed by atoms with Crippen LogP contribution in [0.4, 0.5) is 0 Å². The zero-order valence-corrected chi connectivity index (χ0v) is 27.3. The number of hydrogen-bond acceptors (Lipinski definition) is 6. The Morgan fingerprint density at radius 2 is 1.26 bits per heavy atom. The molecule has 0 aliphatic rings. The molecule has 254 valence electrons. The van der Waals surface area contributed by atoms with Crippen molar-refractivity contribution in [3.63, 3.8) is 0 Å². The number of primary amides is 2. The smallest absolute Gasteiger partial charge is 0.305 e. The number of nitrogens with two attached hydrogens (primary N) is 2. The van der Waals surface area contributed by atoms with Gasteiger partial charge < -0.3 is 32.5 Å². The summed E-state index contributed by atoms with van der Waals surface area (Å²) in [4.78, 5) is 73.7. The molecule has 12 nitrogen and oxygen atoms in total. The van der Waals surface area contributed by atoms with E-state index in [-0.39, 0.29) is 18.7 Å². The van der Waals surface area contributed by atoms with Gasteiger partial charge in [0.1, 0.15) is 18.1 Å². The summed E-state index contributed by atoms with van der Waals surface area (Å²) in [6.07, 6.45) is 7.30. The Morgan fingerprint density at radius 1 is 0.696 bits per heavy atom. The quantitative estimate of drug-likeness (QED) is 0.119. The van der Waals surface area contributed by atoms with Gasteiger partial charge in [0.25, 0.3) is 0 Å². The number of carbonyl (C=O) groups excluding carboxylic acids is 5. The standard InChI is InChI=1S/C31H43N5O7.C3H8/c1-2-3-4-5-6-7-8-13-27(38)34-24(17-20-14-15-21-11-9-10-12-22(21)16-20)30(42)36-25(18-26(32)37)31(43)35-23(29(33)41)19-28(39)40;1-3-2/h9-12,14-16,23-25H,2-8,13,17-19H2,1H3,(H2,32,37)(H2,33,41)(H,34,38)(H,35,43)(H,36,42)(H,39,40);3H2,1-2H3. The number of rotatable bonds is 20. The Balaban J connectivity index is 0.00000338. The van der Waals surface area contributed by atoms with E-state index in [0.717, 1.165) is 48.4 Å². The van der Waals surface area contributed by atoms with Gasteiger partial charge in [0, 0.05) is 12.8 Å². The zero-order chi connectivity index (χ0) is 34.5. The molecule has 0 heterocycles. The molecule has 12 heteroatoms. The lowest BCUT2D eigenvalue weighted by atomic mass is 10.00. The van der Waals surface area contributed by atoms with E-state index in [4.69, 9.17) is 16.6 Å². The summed E-state index contributed by atoms with van der Waals surface area (Å²) in [5.41, 5.74) is 11.2. The van der Waals surface area contributed by atoms with Crippen molar-refractivity contribution >= 4 is 46.3 Å². The van der Waals surface area contributed by atoms with E-state index >= 15 is 0 Å². The maximum absolute atomic E-state index is 13.5. The van der Waals surface area contributed by atoms with Crippen molar-refractivity contribution in [2.75, 3.05) is 0 Å². The molecule has 0 radical (unpaired) electrons. The summed E-state index contributed by atoms with van der Waals surface area (Å²) in [5, 5.41) is 18.3. The first-order valence-electron chi connectivity index (χ1n) is 16.1. The molecule has 0 aromatic heterocycles. The molecule has 2 aromatic carbocycles. The molecular formula is C34H51N5O7. The lowest BCUT2D eigenvalue weighted by Gasteiger charge is -2.24. The molecule has 0 fully saturated rings. The van der Waals surface area contributed by atoms with Gasteiger partial charge >= 0.3 is 5.97 Å². The maximum atomic E-state index is 13.5. The number of aliphatic carboxylic acids is 1. The second-order valence-electron chi connectivity index (χ2n) is 11.4. The van der Waals surface area contributed by atoms with Crippen molar-refractivity contribution in [3.05, 3.63) is 48.0 Å². The van der Waals surface area contributed by atoms with Crippen molar-refractivity contribution in [2.45, 2.75) is 116 Å². The molecule has 5 amide bonds. The van der Waals surface area contributed by atoms with E-state index < -0.39 is 60.6 Å². The van der Waals surface area contributed by atoms with Crippen LogP contribution in [0.1, 0.15) is 97.0 Å². The molecule has 2 rings (SSSR count). The minimum Gasteiger partial charge on any atom is -0.481 e. The van der Waals surface area contributed by atoms with Crippen LogP contribution in [0.3, 0.4) is 0 Å². The second kappa shape index (κ2) is 22.1. The molecule has 3 unspecified atom stereocenters. The number of fused-ring (bicyclic) bond motifs is 1. The van der Waals surface area contributed by atoms with Gasteiger partial charge in [-0.05, 0) is 22.8 Å². The van der Waals surface area contributed by atoms with Crippen LogP contribution in [-0.2, 0) is 35.2 Å². The van der Waals surface area contributed by atoms with E-state index in [1.54, 1.807) is 0 Å². The summed E-state index contributed by atoms with van der Waals surface area (Å²) >= 11 is 0. The summed E-state index contributed by atoms with van der Waals surface area (Å²) in [7, 11) is 0. The molecule has 0 saturated carbocycles. The Kier molecular flexibility index (Phi) is 19.0. The van der Waals surface area contributed by atoms with Crippen LogP contribution in [0.2, 0.25) is 0 Å². The number of unbranched alkanes of at least 4 members (excludes halogenated alkanes) is 6. The first kappa shape index (κ1) is 39.5. The highest BCUT2D eigenvalue weighted by molar-refractivity contribution is 5.97. The minimum atomic E-state index is -1.58. The molecule has 0 spiro atoms. The fraction of sp³-hybridized carbons (Fsp3) is 0.529. The third-order valence-corrected chi connectivity index (χ3v) is 6.99. The van der Waals surface area contributed by atoms with Crippen molar-refractivity contribution in [2.24, 2.45) is 11.5 Å². The molecule has 0 saturated heterocycles. The van der Waals surface area contributed by atoms with Gasteiger partial charge in [0.15, 0.2) is 0 Å². The van der Waals surface area contributed by atoms with Crippen LogP contribution in [0.25, 0.3) is 10.8 Å². The highest BCUT2D eigenvalue weighted by Gasteiger charge is 2.31. The van der Waals surface area contributed by atoms with Gasteiger partial charge in [-0.25, -0.2) is 0 Å². The molecular weight excluding hydrogens is 590 g/mol. The third kappa shape index (κ3) is 16.0. The number of carboxylic acids is 1. The van der Waals surface area contributed by atoms with Gasteiger partial charge in [-0.2, -0.15) is 0 Å². The predicted molar refractivity (Wildman–Crippen MR) is 177 cm³/mol. The highest BCUT2D eigenvalue weighted by Crippen LogP contribution is 2.17. The van der Waals surface area contributed by atoms with Crippen molar-refractivity contribution < 1.29 is 33.9 Å². The SMILES string of the molecule is CCC.CCCCCCCCCC(=O)NC(Cc1ccc2ccccc2c1)C(=O)NC(CC(N)=O)C(=O)NC(CC(=O)O)C(N)=O. The summed E-state index contributed by atoms with van der Waals surface area (Å²) in [6, 6.07) is 9.07. The zero-order valence-electron chi connectivity index (χ0n) is 27.3. The maximum Gasteiger partial charge on any atom is 0.305 e. The first-order chi connectivity index (χ1) is 21.9. The van der Waals surface area contributed by atoms with E-state index in [0.29, 0.717) is 6.42 Å². The minimum absolute atomic E-state index is 0.0905. The molecule has 0 aliphatic heterocycles. The molecule has 2 aromatic rings. The number of nitrogens with one attached hydrogen (secondary N) is 3. The van der Waals surface area contributed by atoms with Crippen molar-refractivity contribution in [1.82, 2.24) is 16.0 Å². The van der Waals surface area contributed by atoms with Crippen LogP contribution < -0.4 is 27.4 Å². The Morgan fingerprint density at radius 3 is 1.85 bits per heavy atom. The van der Waals surface area contributed by atoms with Gasteiger partial charge in [-0.1, -0.05) is 108 Å². The van der Waals surface area contributed by atoms with Crippen molar-refractivity contribution in [3.8, 4) is 0 Å². The van der Waals surface area contributed by atoms with Crippen LogP contribution in [0.15, 0.2) is 42.5 Å². The third-order valence-electron chi connectivity index (χ3n) is 6.99. The van der Waals surface area contributed by atoms with Gasteiger partial charge in [-0.15, -0.1) is 0 Å². The predicted octanol–water partition coefficient (Wildman–Crippen LogP) is 3.23. The van der Waals surface area contributed by atoms with E-state index in [2.05, 4.69) is 36.7 Å². The van der Waals surface area contributed by atoms with Gasteiger partial charge in [0.2, 0.25) is 29.5 Å². The average Bonchev–Trinajstić information content (AvgIpc) is 2.99. The number of hydrogen-bond donors (Lipinski definition) is 6. The number of carbonyl (C=O) groups is 6. The number of carboxylic acid groups (broad SMARTS) is 1. The molecule has 0 bridgehead atoms. The Labute approximate surface area is 271 Å². The fourth-order valence-electron chi connectivity index (χ4n) is 4.67. The van der Waals surface area contributed by atoms with Gasteiger partial charge in [0.05, 0.1) is 12.8 Å². The lowest BCUT2D eigenvalue weighted by Crippen LogP contribution is -2.57. The second-order valence-corrected chi connectivity index (χ2v) is 11.4. The van der Waals surface area contributed by atoms with Crippen LogP contribution in [0.5, 0.6) is 0 Å². The Bertz CT molecular complexity index is 1300. The molecule has 8 N–H and O–H groups in total. The molecule has 0 aliphatic carbocycles. The van der Waals surface area contributed by atoms with Crippen molar-refractivity contribution in [1.29, 1.82) is 0 Å². The largest absolute Gasteiger partial charge is 0.481 e. The fourth-order valence-corrected chi connectivity index (χ4v) is 4.67. The van der Waals surface area contributed by atoms with E-state index in [9.17, 15) is 28.8 Å². The first-order valence-corrected chi connectivity index (χ1v) is 16.1. The summed E-state index contributed by atoms with van der Waals surface area (Å²) < 4.78 is 0. The van der Waals surface area contributed by atoms with Crippen LogP contribution >= 0.6 is 0 Å². The van der Waals surface area contributed by atoms with Crippen LogP contribution in [-0.4, -0.2) is 58.7 Å². The average molecular weight is 642 g/mol. The normalized spacial score (nSPS) is 12.5. The van der Waals surface area contributed by atoms with Gasteiger partial charge in [-0.3, -0.25) is 28.8 Å². The summed E-state index contributed by atoms with van der Waals surface area (Å²) in [6.45, 7) is 6.40. The van der Waals surface area contributed by atoms with E-state index in [1.165, 1.54) is 12.8 Å².